The van der Waals surface area contributed by atoms with E-state index >= 15 is 0 Å². The number of halogens is 1. The molecule has 1 amide bonds. The third-order valence-electron chi connectivity index (χ3n) is 4.76. The molecule has 0 saturated carbocycles. The average molecular weight is 333 g/mol. The van der Waals surface area contributed by atoms with E-state index in [1.54, 1.807) is 31.1 Å². The van der Waals surface area contributed by atoms with E-state index in [0.717, 1.165) is 37.8 Å². The number of piperidine rings is 1. The second-order valence-electron chi connectivity index (χ2n) is 6.40. The van der Waals surface area contributed by atoms with Crippen LogP contribution in [0, 0.1) is 12.9 Å². The number of ether oxygens (including phenoxy) is 1. The van der Waals surface area contributed by atoms with Gasteiger partial charge in [-0.3, -0.25) is 9.20 Å². The number of aryl methyl sites for hydroxylation is 1. The smallest absolute Gasteiger partial charge is 0.277 e. The minimum Gasteiger partial charge on any atom is -0.385 e. The molecule has 3 heterocycles. The zero-order valence-corrected chi connectivity index (χ0v) is 14.3. The van der Waals surface area contributed by atoms with Gasteiger partial charge in [0.25, 0.3) is 5.91 Å². The molecule has 24 heavy (non-hydrogen) atoms. The van der Waals surface area contributed by atoms with Crippen molar-refractivity contribution < 1.29 is 13.9 Å². The molecule has 0 aliphatic carbocycles. The molecular weight excluding hydrogens is 309 g/mol. The van der Waals surface area contributed by atoms with Crippen LogP contribution in [0.4, 0.5) is 4.39 Å². The minimum atomic E-state index is -0.561. The molecule has 1 saturated heterocycles. The summed E-state index contributed by atoms with van der Waals surface area (Å²) in [4.78, 5) is 19.0. The van der Waals surface area contributed by atoms with E-state index in [9.17, 15) is 9.18 Å². The van der Waals surface area contributed by atoms with Crippen LogP contribution in [0.1, 0.15) is 48.3 Å². The Morgan fingerprint density at radius 2 is 2.25 bits per heavy atom. The maximum atomic E-state index is 14.8. The topological polar surface area (TPSA) is 46.8 Å². The van der Waals surface area contributed by atoms with Crippen LogP contribution < -0.4 is 0 Å². The third-order valence-corrected chi connectivity index (χ3v) is 4.76. The number of rotatable bonds is 5. The fourth-order valence-corrected chi connectivity index (χ4v) is 3.52. The predicted molar refractivity (Wildman–Crippen MR) is 89.7 cm³/mol. The molecule has 0 aromatic carbocycles. The number of nitrogens with zero attached hydrogens (tertiary/aromatic N) is 3. The van der Waals surface area contributed by atoms with E-state index in [1.165, 1.54) is 4.40 Å². The number of hydrogen-bond donors (Lipinski definition) is 0. The van der Waals surface area contributed by atoms with Gasteiger partial charge in [-0.15, -0.1) is 0 Å². The van der Waals surface area contributed by atoms with Crippen molar-refractivity contribution in [1.82, 2.24) is 14.3 Å². The van der Waals surface area contributed by atoms with Gasteiger partial charge in [0.2, 0.25) is 5.95 Å². The van der Waals surface area contributed by atoms with Gasteiger partial charge in [-0.05, 0) is 51.2 Å². The Hall–Kier alpha value is -1.95. The maximum absolute atomic E-state index is 14.8. The molecule has 6 heteroatoms. The summed E-state index contributed by atoms with van der Waals surface area (Å²) in [5.41, 5.74) is 1.14. The van der Waals surface area contributed by atoms with Crippen molar-refractivity contribution in [1.29, 1.82) is 0 Å². The molecule has 0 radical (unpaired) electrons. The summed E-state index contributed by atoms with van der Waals surface area (Å²) in [5.74, 6) is -0.855. The normalized spacial score (nSPS) is 18.3. The number of amides is 1. The molecule has 5 nitrogen and oxygen atoms in total. The van der Waals surface area contributed by atoms with Gasteiger partial charge < -0.3 is 9.64 Å². The molecule has 0 N–H and O–H groups in total. The Bertz CT molecular complexity index is 728. The molecule has 1 atom stereocenters. The molecule has 0 spiro atoms. The number of fused-ring (bicyclic) bond motifs is 1. The zero-order valence-electron chi connectivity index (χ0n) is 14.3. The molecule has 3 rings (SSSR count). The maximum Gasteiger partial charge on any atom is 0.277 e. The molecule has 2 aromatic heterocycles. The summed E-state index contributed by atoms with van der Waals surface area (Å²) in [7, 11) is 1.68. The first-order valence-corrected chi connectivity index (χ1v) is 8.57. The van der Waals surface area contributed by atoms with Crippen LogP contribution in [-0.4, -0.2) is 46.5 Å². The fraction of sp³-hybridized carbons (Fsp3) is 0.556. The van der Waals surface area contributed by atoms with Gasteiger partial charge in [-0.25, -0.2) is 4.98 Å². The molecule has 2 aromatic rings. The summed E-state index contributed by atoms with van der Waals surface area (Å²) in [6.45, 7) is 3.16. The Morgan fingerprint density at radius 3 is 3.00 bits per heavy atom. The standard InChI is InChI=1S/C18H24FN3O2/c1-13-7-5-10-15-20-16(17(19)22(13)15)18(23)21-11-4-3-8-14(21)9-6-12-24-2/h5,7,10,14H,3-4,6,8-9,11-12H2,1-2H3/t14-/m0/s1. The van der Waals surface area contributed by atoms with Crippen molar-refractivity contribution in [3.8, 4) is 0 Å². The van der Waals surface area contributed by atoms with E-state index in [4.69, 9.17) is 4.74 Å². The molecule has 1 aliphatic rings. The summed E-state index contributed by atoms with van der Waals surface area (Å²) < 4.78 is 21.3. The first-order chi connectivity index (χ1) is 11.6. The Kier molecular flexibility index (Phi) is 5.14. The van der Waals surface area contributed by atoms with Crippen LogP contribution in [0.25, 0.3) is 5.65 Å². The number of likely N-dealkylation sites (tertiary alicyclic amines) is 1. The lowest BCUT2D eigenvalue weighted by atomic mass is 9.97. The van der Waals surface area contributed by atoms with Crippen molar-refractivity contribution in [3.05, 3.63) is 35.5 Å². The Labute approximate surface area is 141 Å². The highest BCUT2D eigenvalue weighted by molar-refractivity contribution is 5.93. The van der Waals surface area contributed by atoms with Gasteiger partial charge in [0.1, 0.15) is 5.65 Å². The monoisotopic (exact) mass is 333 g/mol. The zero-order chi connectivity index (χ0) is 17.1. The Morgan fingerprint density at radius 1 is 1.42 bits per heavy atom. The van der Waals surface area contributed by atoms with Crippen molar-refractivity contribution in [2.75, 3.05) is 20.3 Å². The predicted octanol–water partition coefficient (Wildman–Crippen LogP) is 3.20. The van der Waals surface area contributed by atoms with Gasteiger partial charge in [-0.1, -0.05) is 6.07 Å². The highest BCUT2D eigenvalue weighted by Crippen LogP contribution is 2.24. The lowest BCUT2D eigenvalue weighted by Crippen LogP contribution is -2.44. The van der Waals surface area contributed by atoms with Crippen molar-refractivity contribution >= 4 is 11.6 Å². The van der Waals surface area contributed by atoms with E-state index < -0.39 is 5.95 Å². The van der Waals surface area contributed by atoms with Crippen LogP contribution in [0.2, 0.25) is 0 Å². The molecular formula is C18H24FN3O2. The highest BCUT2D eigenvalue weighted by atomic mass is 19.1. The van der Waals surface area contributed by atoms with Gasteiger partial charge in [-0.2, -0.15) is 4.39 Å². The largest absolute Gasteiger partial charge is 0.385 e. The molecule has 1 fully saturated rings. The molecule has 130 valence electrons. The van der Waals surface area contributed by atoms with Crippen molar-refractivity contribution in [2.45, 2.75) is 45.1 Å². The van der Waals surface area contributed by atoms with Gasteiger partial charge >= 0.3 is 0 Å². The average Bonchev–Trinajstić information content (AvgIpc) is 2.93. The van der Waals surface area contributed by atoms with Gasteiger partial charge in [0.05, 0.1) is 0 Å². The fourth-order valence-electron chi connectivity index (χ4n) is 3.52. The summed E-state index contributed by atoms with van der Waals surface area (Å²) in [5, 5.41) is 0. The molecule has 0 bridgehead atoms. The SMILES string of the molecule is COCCC[C@@H]1CCCCN1C(=O)c1nc2cccc(C)n2c1F. The van der Waals surface area contributed by atoms with Gasteiger partial charge in [0.15, 0.2) is 5.69 Å². The van der Waals surface area contributed by atoms with Crippen molar-refractivity contribution in [3.63, 3.8) is 0 Å². The first-order valence-electron chi connectivity index (χ1n) is 8.57. The number of imidazole rings is 1. The van der Waals surface area contributed by atoms with Crippen LogP contribution >= 0.6 is 0 Å². The first kappa shape index (κ1) is 16.9. The minimum absolute atomic E-state index is 0.0667. The molecule has 0 unspecified atom stereocenters. The van der Waals surface area contributed by atoms with E-state index in [2.05, 4.69) is 4.98 Å². The van der Waals surface area contributed by atoms with Crippen LogP contribution in [0.15, 0.2) is 18.2 Å². The number of pyridine rings is 1. The number of carbonyl (C=O) groups excluding carboxylic acids is 1. The highest BCUT2D eigenvalue weighted by Gasteiger charge is 2.31. The summed E-state index contributed by atoms with van der Waals surface area (Å²) in [6.07, 6.45) is 4.81. The molecule has 1 aliphatic heterocycles. The summed E-state index contributed by atoms with van der Waals surface area (Å²) >= 11 is 0. The number of aromatic nitrogens is 2. The van der Waals surface area contributed by atoms with Crippen molar-refractivity contribution in [2.24, 2.45) is 0 Å². The second kappa shape index (κ2) is 7.30. The number of carbonyl (C=O) groups is 1. The lowest BCUT2D eigenvalue weighted by Gasteiger charge is -2.35. The Balaban J connectivity index is 1.86. The van der Waals surface area contributed by atoms with E-state index in [1.807, 2.05) is 6.07 Å². The van der Waals surface area contributed by atoms with Crippen LogP contribution in [0.5, 0.6) is 0 Å². The third kappa shape index (κ3) is 3.15. The second-order valence-corrected chi connectivity index (χ2v) is 6.40. The van der Waals surface area contributed by atoms with E-state index in [-0.39, 0.29) is 17.6 Å². The lowest BCUT2D eigenvalue weighted by molar-refractivity contribution is 0.0574. The van der Waals surface area contributed by atoms with Crippen LogP contribution in [0.3, 0.4) is 0 Å². The quantitative estimate of drug-likeness (QED) is 0.790. The van der Waals surface area contributed by atoms with Crippen LogP contribution in [-0.2, 0) is 4.74 Å². The van der Waals surface area contributed by atoms with Gasteiger partial charge in [0, 0.05) is 32.0 Å². The summed E-state index contributed by atoms with van der Waals surface area (Å²) in [6, 6.07) is 5.49. The number of hydrogen-bond acceptors (Lipinski definition) is 3. The number of methoxy groups -OCH3 is 1. The van der Waals surface area contributed by atoms with E-state index in [0.29, 0.717) is 18.8 Å².